The van der Waals surface area contributed by atoms with Crippen molar-refractivity contribution in [2.24, 2.45) is 0 Å². The number of hydrogen-bond acceptors (Lipinski definition) is 5. The number of imide groups is 1. The minimum absolute atomic E-state index is 0.00492. The monoisotopic (exact) mass is 495 g/mol. The minimum atomic E-state index is -0.404. The molecule has 3 aromatic rings. The summed E-state index contributed by atoms with van der Waals surface area (Å²) < 4.78 is 5.77. The van der Waals surface area contributed by atoms with Crippen molar-refractivity contribution in [1.29, 1.82) is 0 Å². The number of fused-ring (bicyclic) bond motifs is 1. The van der Waals surface area contributed by atoms with E-state index in [0.29, 0.717) is 21.3 Å². The summed E-state index contributed by atoms with van der Waals surface area (Å²) in [5.74, 6) is -1.27. The number of nitrogens with zero attached hydrogens (tertiary/aromatic N) is 1. The van der Waals surface area contributed by atoms with Crippen molar-refractivity contribution < 1.29 is 23.6 Å². The van der Waals surface area contributed by atoms with E-state index in [-0.39, 0.29) is 37.1 Å². The number of anilines is 1. The zero-order valence-electron chi connectivity index (χ0n) is 16.8. The Bertz CT molecular complexity index is 1210. The van der Waals surface area contributed by atoms with Gasteiger partial charge in [-0.15, -0.1) is 0 Å². The summed E-state index contributed by atoms with van der Waals surface area (Å²) in [6, 6.07) is 15.1. The average Bonchev–Trinajstić information content (AvgIpc) is 3.39. The van der Waals surface area contributed by atoms with Gasteiger partial charge in [0.25, 0.3) is 17.7 Å². The van der Waals surface area contributed by atoms with Crippen LogP contribution in [0.1, 0.15) is 43.3 Å². The fourth-order valence-electron chi connectivity index (χ4n) is 3.33. The lowest BCUT2D eigenvalue weighted by Gasteiger charge is -2.13. The molecule has 1 aromatic heterocycles. The molecule has 4 amide bonds. The maximum atomic E-state index is 12.5. The van der Waals surface area contributed by atoms with Crippen LogP contribution in [-0.4, -0.2) is 35.1 Å². The molecule has 9 heteroatoms. The smallest absolute Gasteiger partial charge is 0.291 e. The van der Waals surface area contributed by atoms with Crippen molar-refractivity contribution in [1.82, 2.24) is 10.2 Å². The second kappa shape index (κ2) is 9.19. The molecule has 2 aromatic carbocycles. The molecule has 162 valence electrons. The van der Waals surface area contributed by atoms with Crippen LogP contribution in [0.5, 0.6) is 0 Å². The Kier molecular flexibility index (Phi) is 6.18. The third-order valence-electron chi connectivity index (χ3n) is 4.91. The molecule has 8 nitrogen and oxygen atoms in total. The van der Waals surface area contributed by atoms with E-state index < -0.39 is 11.8 Å². The first-order valence-corrected chi connectivity index (χ1v) is 10.6. The predicted molar refractivity (Wildman–Crippen MR) is 119 cm³/mol. The van der Waals surface area contributed by atoms with Gasteiger partial charge in [-0.3, -0.25) is 24.1 Å². The van der Waals surface area contributed by atoms with Gasteiger partial charge >= 0.3 is 0 Å². The number of amides is 4. The fourth-order valence-corrected chi connectivity index (χ4v) is 3.69. The van der Waals surface area contributed by atoms with Gasteiger partial charge in [-0.05, 0) is 48.0 Å². The van der Waals surface area contributed by atoms with E-state index in [9.17, 15) is 19.2 Å². The molecule has 0 saturated carbocycles. The average molecular weight is 496 g/mol. The Morgan fingerprint density at radius 1 is 0.969 bits per heavy atom. The first-order chi connectivity index (χ1) is 15.4. The molecule has 0 unspecified atom stereocenters. The van der Waals surface area contributed by atoms with Gasteiger partial charge in [0.1, 0.15) is 0 Å². The first kappa shape index (κ1) is 21.5. The van der Waals surface area contributed by atoms with Crippen LogP contribution in [0.15, 0.2) is 69.8 Å². The van der Waals surface area contributed by atoms with Crippen LogP contribution in [0.3, 0.4) is 0 Å². The Morgan fingerprint density at radius 2 is 1.78 bits per heavy atom. The highest BCUT2D eigenvalue weighted by Crippen LogP contribution is 2.26. The summed E-state index contributed by atoms with van der Waals surface area (Å²) in [5, 5.41) is 5.49. The SMILES string of the molecule is O=C(CCN1C(=O)c2ccc(Br)cc2C1=O)NCc1cccc(NC(=O)c2ccco2)c1. The first-order valence-electron chi connectivity index (χ1n) is 9.78. The summed E-state index contributed by atoms with van der Waals surface area (Å²) in [4.78, 5) is 50.4. The van der Waals surface area contributed by atoms with Crippen molar-refractivity contribution in [3.63, 3.8) is 0 Å². The molecule has 0 radical (unpaired) electrons. The van der Waals surface area contributed by atoms with Crippen molar-refractivity contribution in [2.75, 3.05) is 11.9 Å². The highest BCUT2D eigenvalue weighted by atomic mass is 79.9. The van der Waals surface area contributed by atoms with E-state index in [4.69, 9.17) is 4.42 Å². The normalized spacial score (nSPS) is 12.6. The quantitative estimate of drug-likeness (QED) is 0.486. The maximum Gasteiger partial charge on any atom is 0.291 e. The molecule has 0 saturated heterocycles. The molecule has 0 fully saturated rings. The fraction of sp³-hybridized carbons (Fsp3) is 0.130. The molecule has 0 bridgehead atoms. The summed E-state index contributed by atoms with van der Waals surface area (Å²) >= 11 is 3.29. The molecule has 32 heavy (non-hydrogen) atoms. The molecule has 2 N–H and O–H groups in total. The number of nitrogens with one attached hydrogen (secondary N) is 2. The molecule has 0 spiro atoms. The zero-order valence-corrected chi connectivity index (χ0v) is 18.3. The van der Waals surface area contributed by atoms with Crippen molar-refractivity contribution in [3.8, 4) is 0 Å². The van der Waals surface area contributed by atoms with Crippen LogP contribution < -0.4 is 10.6 Å². The second-order valence-corrected chi connectivity index (χ2v) is 8.03. The molecular weight excluding hydrogens is 478 g/mol. The lowest BCUT2D eigenvalue weighted by molar-refractivity contribution is -0.121. The highest BCUT2D eigenvalue weighted by Gasteiger charge is 2.35. The van der Waals surface area contributed by atoms with E-state index in [1.54, 1.807) is 48.5 Å². The minimum Gasteiger partial charge on any atom is -0.459 e. The van der Waals surface area contributed by atoms with Gasteiger partial charge in [-0.2, -0.15) is 0 Å². The van der Waals surface area contributed by atoms with Gasteiger partial charge in [0, 0.05) is 29.7 Å². The van der Waals surface area contributed by atoms with Crippen LogP contribution in [0.2, 0.25) is 0 Å². The van der Waals surface area contributed by atoms with Crippen molar-refractivity contribution in [3.05, 3.63) is 87.8 Å². The lowest BCUT2D eigenvalue weighted by Crippen LogP contribution is -2.34. The summed E-state index contributed by atoms with van der Waals surface area (Å²) in [7, 11) is 0. The molecule has 0 atom stereocenters. The maximum absolute atomic E-state index is 12.5. The van der Waals surface area contributed by atoms with Crippen LogP contribution in [0.4, 0.5) is 5.69 Å². The third-order valence-corrected chi connectivity index (χ3v) is 5.41. The largest absolute Gasteiger partial charge is 0.459 e. The van der Waals surface area contributed by atoms with Crippen LogP contribution >= 0.6 is 15.9 Å². The third kappa shape index (κ3) is 4.62. The Morgan fingerprint density at radius 3 is 2.56 bits per heavy atom. The Labute approximate surface area is 191 Å². The van der Waals surface area contributed by atoms with E-state index in [1.165, 1.54) is 6.26 Å². The summed E-state index contributed by atoms with van der Waals surface area (Å²) in [5.41, 5.74) is 2.02. The van der Waals surface area contributed by atoms with Crippen LogP contribution in [-0.2, 0) is 11.3 Å². The highest BCUT2D eigenvalue weighted by molar-refractivity contribution is 9.10. The molecule has 1 aliphatic rings. The van der Waals surface area contributed by atoms with Gasteiger partial charge in [-0.1, -0.05) is 28.1 Å². The van der Waals surface area contributed by atoms with Gasteiger partial charge < -0.3 is 15.1 Å². The molecule has 2 heterocycles. The summed E-state index contributed by atoms with van der Waals surface area (Å²) in [6.07, 6.45) is 1.41. The lowest BCUT2D eigenvalue weighted by atomic mass is 10.1. The van der Waals surface area contributed by atoms with Gasteiger partial charge in [0.15, 0.2) is 5.76 Å². The number of benzene rings is 2. The molecule has 0 aliphatic carbocycles. The van der Waals surface area contributed by atoms with Gasteiger partial charge in [-0.25, -0.2) is 0 Å². The van der Waals surface area contributed by atoms with E-state index >= 15 is 0 Å². The van der Waals surface area contributed by atoms with E-state index in [2.05, 4.69) is 26.6 Å². The Hall–Kier alpha value is -3.72. The second-order valence-electron chi connectivity index (χ2n) is 7.11. The number of furan rings is 1. The zero-order chi connectivity index (χ0) is 22.7. The number of halogens is 1. The number of rotatable bonds is 7. The number of carbonyl (C=O) groups is 4. The van der Waals surface area contributed by atoms with Crippen molar-refractivity contribution in [2.45, 2.75) is 13.0 Å². The standard InChI is InChI=1S/C23H18BrN3O5/c24-15-6-7-17-18(12-15)23(31)27(22(17)30)9-8-20(28)25-13-14-3-1-4-16(11-14)26-21(29)19-5-2-10-32-19/h1-7,10-12H,8-9,13H2,(H,25,28)(H,26,29). The van der Waals surface area contributed by atoms with E-state index in [0.717, 1.165) is 10.5 Å². The predicted octanol–water partition coefficient (Wildman–Crippen LogP) is 3.60. The topological polar surface area (TPSA) is 109 Å². The van der Waals surface area contributed by atoms with Gasteiger partial charge in [0.05, 0.1) is 17.4 Å². The van der Waals surface area contributed by atoms with Gasteiger partial charge in [0.2, 0.25) is 5.91 Å². The van der Waals surface area contributed by atoms with E-state index in [1.807, 2.05) is 6.07 Å². The number of hydrogen-bond donors (Lipinski definition) is 2. The van der Waals surface area contributed by atoms with Crippen LogP contribution in [0.25, 0.3) is 0 Å². The molecule has 4 rings (SSSR count). The molecule has 1 aliphatic heterocycles. The molecular formula is C23H18BrN3O5. The van der Waals surface area contributed by atoms with Crippen LogP contribution in [0, 0.1) is 0 Å². The van der Waals surface area contributed by atoms with Crippen molar-refractivity contribution >= 4 is 45.2 Å². The Balaban J connectivity index is 1.29. The number of carbonyl (C=O) groups excluding carboxylic acids is 4. The summed E-state index contributed by atoms with van der Waals surface area (Å²) in [6.45, 7) is 0.230.